The van der Waals surface area contributed by atoms with E-state index in [1.807, 2.05) is 12.1 Å². The van der Waals surface area contributed by atoms with E-state index >= 15 is 0 Å². The van der Waals surface area contributed by atoms with Gasteiger partial charge in [-0.3, -0.25) is 14.6 Å². The molecule has 1 atom stereocenters. The van der Waals surface area contributed by atoms with Gasteiger partial charge in [0.15, 0.2) is 0 Å². The molecular formula is C18H18N4O3. The first-order valence-electron chi connectivity index (χ1n) is 7.88. The van der Waals surface area contributed by atoms with Crippen molar-refractivity contribution in [1.82, 2.24) is 20.1 Å². The average molecular weight is 338 g/mol. The van der Waals surface area contributed by atoms with Crippen molar-refractivity contribution in [3.05, 3.63) is 70.4 Å². The zero-order chi connectivity index (χ0) is 17.8. The molecule has 1 amide bonds. The number of fused-ring (bicyclic) bond motifs is 1. The number of hydrogen-bond acceptors (Lipinski definition) is 5. The Kier molecular flexibility index (Phi) is 4.85. The van der Waals surface area contributed by atoms with Crippen LogP contribution in [0.3, 0.4) is 0 Å². The molecule has 1 unspecified atom stereocenters. The number of aromatic nitrogens is 3. The molecular weight excluding hydrogens is 320 g/mol. The van der Waals surface area contributed by atoms with Crippen LogP contribution in [0.1, 0.15) is 17.5 Å². The van der Waals surface area contributed by atoms with Crippen molar-refractivity contribution in [2.75, 3.05) is 6.54 Å². The molecule has 0 radical (unpaired) electrons. The van der Waals surface area contributed by atoms with Gasteiger partial charge in [-0.2, -0.15) is 5.10 Å². The highest BCUT2D eigenvalue weighted by atomic mass is 16.3. The monoisotopic (exact) mass is 338 g/mol. The number of aliphatic hydroxyl groups excluding tert-OH is 1. The average Bonchev–Trinajstić information content (AvgIpc) is 2.64. The van der Waals surface area contributed by atoms with Crippen molar-refractivity contribution in [2.45, 2.75) is 19.6 Å². The van der Waals surface area contributed by atoms with Crippen molar-refractivity contribution in [3.63, 3.8) is 0 Å². The first-order chi connectivity index (χ1) is 12.1. The number of nitrogens with zero attached hydrogens (tertiary/aromatic N) is 3. The second kappa shape index (κ2) is 7.23. The molecule has 2 N–H and O–H groups in total. The normalized spacial score (nSPS) is 12.1. The summed E-state index contributed by atoms with van der Waals surface area (Å²) in [5, 5.41) is 18.1. The SMILES string of the molecule is Cc1nn(CC(=O)NCC(O)c2ccccn2)c(=O)c2ccccc12. The van der Waals surface area contributed by atoms with Crippen LogP contribution in [0, 0.1) is 6.92 Å². The summed E-state index contributed by atoms with van der Waals surface area (Å²) in [7, 11) is 0. The summed E-state index contributed by atoms with van der Waals surface area (Å²) in [4.78, 5) is 28.6. The summed E-state index contributed by atoms with van der Waals surface area (Å²) in [6.07, 6.45) is 0.662. The third kappa shape index (κ3) is 3.72. The van der Waals surface area contributed by atoms with Gasteiger partial charge in [0.1, 0.15) is 12.6 Å². The summed E-state index contributed by atoms with van der Waals surface area (Å²) >= 11 is 0. The number of amides is 1. The van der Waals surface area contributed by atoms with E-state index in [2.05, 4.69) is 15.4 Å². The largest absolute Gasteiger partial charge is 0.385 e. The fourth-order valence-corrected chi connectivity index (χ4v) is 2.59. The summed E-state index contributed by atoms with van der Waals surface area (Å²) in [6.45, 7) is 1.59. The summed E-state index contributed by atoms with van der Waals surface area (Å²) < 4.78 is 1.14. The molecule has 25 heavy (non-hydrogen) atoms. The zero-order valence-corrected chi connectivity index (χ0v) is 13.7. The van der Waals surface area contributed by atoms with Crippen LogP contribution in [0.5, 0.6) is 0 Å². The van der Waals surface area contributed by atoms with Crippen LogP contribution < -0.4 is 10.9 Å². The van der Waals surface area contributed by atoms with Gasteiger partial charge in [-0.1, -0.05) is 24.3 Å². The maximum Gasteiger partial charge on any atom is 0.275 e. The lowest BCUT2D eigenvalue weighted by molar-refractivity contribution is -0.122. The van der Waals surface area contributed by atoms with Crippen molar-refractivity contribution in [2.24, 2.45) is 0 Å². The molecule has 1 aromatic carbocycles. The molecule has 2 aromatic heterocycles. The first kappa shape index (κ1) is 16.8. The van der Waals surface area contributed by atoms with Crippen LogP contribution in [-0.2, 0) is 11.3 Å². The fourth-order valence-electron chi connectivity index (χ4n) is 2.59. The minimum atomic E-state index is -0.909. The van der Waals surface area contributed by atoms with Crippen LogP contribution in [0.2, 0.25) is 0 Å². The molecule has 3 rings (SSSR count). The quantitative estimate of drug-likeness (QED) is 0.722. The number of carbonyl (C=O) groups is 1. The van der Waals surface area contributed by atoms with Crippen molar-refractivity contribution < 1.29 is 9.90 Å². The number of benzene rings is 1. The third-order valence-electron chi connectivity index (χ3n) is 3.87. The topological polar surface area (TPSA) is 97.1 Å². The lowest BCUT2D eigenvalue weighted by atomic mass is 10.1. The number of pyridine rings is 1. The Balaban J connectivity index is 1.70. The Morgan fingerprint density at radius 1 is 1.20 bits per heavy atom. The van der Waals surface area contributed by atoms with Gasteiger partial charge in [0.05, 0.1) is 16.8 Å². The summed E-state index contributed by atoms with van der Waals surface area (Å²) in [5.41, 5.74) is 0.831. The standard InChI is InChI=1S/C18H18N4O3/c1-12-13-6-2-3-7-14(13)18(25)22(21-12)11-17(24)20-10-16(23)15-8-4-5-9-19-15/h2-9,16,23H,10-11H2,1H3,(H,20,24). The number of nitrogens with one attached hydrogen (secondary N) is 1. The Hall–Kier alpha value is -3.06. The van der Waals surface area contributed by atoms with E-state index in [1.165, 1.54) is 0 Å². The van der Waals surface area contributed by atoms with Crippen molar-refractivity contribution >= 4 is 16.7 Å². The van der Waals surface area contributed by atoms with Gasteiger partial charge in [0.25, 0.3) is 5.56 Å². The first-order valence-corrected chi connectivity index (χ1v) is 7.88. The van der Waals surface area contributed by atoms with Gasteiger partial charge >= 0.3 is 0 Å². The van der Waals surface area contributed by atoms with E-state index in [-0.39, 0.29) is 18.6 Å². The van der Waals surface area contributed by atoms with E-state index in [4.69, 9.17) is 0 Å². The van der Waals surface area contributed by atoms with Gasteiger partial charge in [0.2, 0.25) is 5.91 Å². The maximum atomic E-state index is 12.4. The van der Waals surface area contributed by atoms with Crippen LogP contribution in [0.15, 0.2) is 53.5 Å². The molecule has 0 fully saturated rings. The highest BCUT2D eigenvalue weighted by Crippen LogP contribution is 2.11. The van der Waals surface area contributed by atoms with Gasteiger partial charge in [0, 0.05) is 18.1 Å². The molecule has 0 spiro atoms. The third-order valence-corrected chi connectivity index (χ3v) is 3.87. The maximum absolute atomic E-state index is 12.4. The minimum absolute atomic E-state index is 0.0111. The van der Waals surface area contributed by atoms with Crippen LogP contribution >= 0.6 is 0 Å². The highest BCUT2D eigenvalue weighted by Gasteiger charge is 2.13. The fraction of sp³-hybridized carbons (Fsp3) is 0.222. The number of hydrogen-bond donors (Lipinski definition) is 2. The molecule has 0 saturated carbocycles. The Bertz CT molecular complexity index is 953. The minimum Gasteiger partial charge on any atom is -0.385 e. The van der Waals surface area contributed by atoms with Crippen LogP contribution in [0.4, 0.5) is 0 Å². The summed E-state index contributed by atoms with van der Waals surface area (Å²) in [6, 6.07) is 12.3. The van der Waals surface area contributed by atoms with Crippen molar-refractivity contribution in [1.29, 1.82) is 0 Å². The van der Waals surface area contributed by atoms with Gasteiger partial charge < -0.3 is 10.4 Å². The molecule has 0 saturated heterocycles. The number of aliphatic hydroxyl groups is 1. The lowest BCUT2D eigenvalue weighted by Crippen LogP contribution is -2.36. The number of rotatable bonds is 5. The molecule has 0 bridgehead atoms. The molecule has 0 aliphatic heterocycles. The second-order valence-electron chi connectivity index (χ2n) is 5.67. The number of carbonyl (C=O) groups excluding carboxylic acids is 1. The molecule has 128 valence electrons. The number of aryl methyl sites for hydroxylation is 1. The molecule has 7 heteroatoms. The van der Waals surface area contributed by atoms with Crippen LogP contribution in [0.25, 0.3) is 10.8 Å². The zero-order valence-electron chi connectivity index (χ0n) is 13.7. The smallest absolute Gasteiger partial charge is 0.275 e. The Labute approximate surface area is 143 Å². The predicted octanol–water partition coefficient (Wildman–Crippen LogP) is 0.950. The summed E-state index contributed by atoms with van der Waals surface area (Å²) in [5.74, 6) is -0.403. The Morgan fingerprint density at radius 2 is 1.92 bits per heavy atom. The van der Waals surface area contributed by atoms with E-state index in [0.29, 0.717) is 16.8 Å². The van der Waals surface area contributed by atoms with Crippen molar-refractivity contribution in [3.8, 4) is 0 Å². The molecule has 3 aromatic rings. The van der Waals surface area contributed by atoms with E-state index in [9.17, 15) is 14.7 Å². The van der Waals surface area contributed by atoms with E-state index in [1.54, 1.807) is 43.5 Å². The lowest BCUT2D eigenvalue weighted by Gasteiger charge is -2.12. The van der Waals surface area contributed by atoms with Gasteiger partial charge in [-0.25, -0.2) is 4.68 Å². The second-order valence-corrected chi connectivity index (χ2v) is 5.67. The molecule has 0 aliphatic carbocycles. The molecule has 0 aliphatic rings. The van der Waals surface area contributed by atoms with E-state index < -0.39 is 12.0 Å². The predicted molar refractivity (Wildman–Crippen MR) is 92.9 cm³/mol. The Morgan fingerprint density at radius 3 is 2.64 bits per heavy atom. The molecule has 2 heterocycles. The van der Waals surface area contributed by atoms with Gasteiger partial charge in [-0.05, 0) is 25.1 Å². The van der Waals surface area contributed by atoms with Gasteiger partial charge in [-0.15, -0.1) is 0 Å². The highest BCUT2D eigenvalue weighted by molar-refractivity contribution is 5.83. The molecule has 7 nitrogen and oxygen atoms in total. The van der Waals surface area contributed by atoms with Crippen LogP contribution in [-0.4, -0.2) is 32.3 Å². The van der Waals surface area contributed by atoms with E-state index in [0.717, 1.165) is 10.1 Å².